The van der Waals surface area contributed by atoms with Crippen LogP contribution in [0.3, 0.4) is 0 Å². The van der Waals surface area contributed by atoms with Crippen molar-refractivity contribution < 1.29 is 57.6 Å². The van der Waals surface area contributed by atoms with Crippen molar-refractivity contribution in [3.8, 4) is 0 Å². The van der Waals surface area contributed by atoms with Gasteiger partial charge in [-0.25, -0.2) is 9.59 Å². The Hall–Kier alpha value is -6.23. The number of aliphatic hydroxyl groups is 1. The molecule has 0 aromatic heterocycles. The molecule has 4 aliphatic heterocycles. The second kappa shape index (κ2) is 16.8. The Bertz CT molecular complexity index is 2390. The summed E-state index contributed by atoms with van der Waals surface area (Å²) < 4.78 is 30.7. The molecule has 4 saturated heterocycles. The first-order chi connectivity index (χ1) is 30.4. The lowest BCUT2D eigenvalue weighted by molar-refractivity contribution is -0.213. The Morgan fingerprint density at radius 2 is 1.54 bits per heavy atom. The summed E-state index contributed by atoms with van der Waals surface area (Å²) in [6.07, 6.45) is -1.65. The topological polar surface area (TPSA) is 188 Å². The van der Waals surface area contributed by atoms with Crippen molar-refractivity contribution in [1.82, 2.24) is 15.7 Å². The van der Waals surface area contributed by atoms with E-state index in [1.165, 1.54) is 11.1 Å². The highest BCUT2D eigenvalue weighted by Crippen LogP contribution is 2.59. The number of rotatable bonds is 13. The Labute approximate surface area is 363 Å². The highest BCUT2D eigenvalue weighted by molar-refractivity contribution is 5.95. The van der Waals surface area contributed by atoms with Gasteiger partial charge in [0.05, 0.1) is 13.2 Å². The van der Waals surface area contributed by atoms with Gasteiger partial charge in [-0.2, -0.15) is 5.06 Å². The average Bonchev–Trinajstić information content (AvgIpc) is 3.96. The van der Waals surface area contributed by atoms with E-state index in [-0.39, 0.29) is 45.2 Å². The monoisotopic (exact) mass is 857 g/mol. The van der Waals surface area contributed by atoms with E-state index in [4.69, 9.17) is 28.5 Å². The highest BCUT2D eigenvalue weighted by atomic mass is 16.8. The van der Waals surface area contributed by atoms with E-state index in [1.807, 2.05) is 72.8 Å². The van der Waals surface area contributed by atoms with Crippen LogP contribution in [0, 0.1) is 10.8 Å². The van der Waals surface area contributed by atoms with Crippen molar-refractivity contribution in [3.63, 3.8) is 0 Å². The van der Waals surface area contributed by atoms with Gasteiger partial charge in [0.15, 0.2) is 6.04 Å². The van der Waals surface area contributed by atoms with Gasteiger partial charge in [0.2, 0.25) is 17.8 Å². The molecule has 326 valence electrons. The number of hydrogen-bond donors (Lipinski definition) is 3. The number of esters is 3. The third kappa shape index (κ3) is 7.69. The number of hydrogen-bond acceptors (Lipinski definition) is 13. The van der Waals surface area contributed by atoms with E-state index in [0.29, 0.717) is 27.8 Å². The minimum Gasteiger partial charge on any atom is -0.462 e. The number of cyclic esters (lactones) is 1. The fourth-order valence-corrected chi connectivity index (χ4v) is 9.30. The first-order valence-corrected chi connectivity index (χ1v) is 20.9. The molecular formula is C48H47N3O12. The Morgan fingerprint density at radius 3 is 2.21 bits per heavy atom. The maximum Gasteiger partial charge on any atom is 0.348 e. The number of nitrogens with zero attached hydrogens (tertiary/aromatic N) is 1. The maximum atomic E-state index is 15.0. The molecule has 0 spiro atoms. The quantitative estimate of drug-likeness (QED) is 0.100. The molecule has 63 heavy (non-hydrogen) atoms. The van der Waals surface area contributed by atoms with Crippen LogP contribution in [-0.4, -0.2) is 96.2 Å². The van der Waals surface area contributed by atoms with Gasteiger partial charge in [-0.1, -0.05) is 111 Å². The third-order valence-electron chi connectivity index (χ3n) is 12.4. The minimum absolute atomic E-state index is 0.0370. The largest absolute Gasteiger partial charge is 0.462 e. The number of aliphatic hydroxyl groups excluding tert-OH is 1. The number of carbonyl (C=O) groups is 5. The number of nitrogens with one attached hydrogen (secondary N) is 2. The molecule has 5 aliphatic rings. The number of carbonyl (C=O) groups excluding carboxylic acids is 5. The lowest BCUT2D eigenvalue weighted by atomic mass is 9.62. The van der Waals surface area contributed by atoms with Crippen LogP contribution < -0.4 is 10.6 Å². The first-order valence-electron chi connectivity index (χ1n) is 20.9. The lowest BCUT2D eigenvalue weighted by Gasteiger charge is -2.48. The van der Waals surface area contributed by atoms with Crippen molar-refractivity contribution in [1.29, 1.82) is 0 Å². The Kier molecular flexibility index (Phi) is 11.2. The van der Waals surface area contributed by atoms with Crippen LogP contribution in [0.25, 0.3) is 6.08 Å². The van der Waals surface area contributed by atoms with Gasteiger partial charge in [0.1, 0.15) is 36.4 Å². The number of benzene rings is 4. The van der Waals surface area contributed by atoms with Gasteiger partial charge in [0, 0.05) is 47.7 Å². The normalized spacial score (nSPS) is 27.6. The van der Waals surface area contributed by atoms with E-state index in [2.05, 4.69) is 10.6 Å². The van der Waals surface area contributed by atoms with E-state index in [9.17, 15) is 29.1 Å². The number of hydroxylamine groups is 2. The van der Waals surface area contributed by atoms with Crippen LogP contribution >= 0.6 is 0 Å². The van der Waals surface area contributed by atoms with Crippen molar-refractivity contribution in [2.75, 3.05) is 19.8 Å². The van der Waals surface area contributed by atoms with Crippen molar-refractivity contribution in [3.05, 3.63) is 149 Å². The molecule has 15 nitrogen and oxygen atoms in total. The number of ether oxygens (including phenoxy) is 5. The summed E-state index contributed by atoms with van der Waals surface area (Å²) in [4.78, 5) is 73.6. The van der Waals surface area contributed by atoms with Crippen LogP contribution in [0.1, 0.15) is 58.4 Å². The molecule has 1 saturated carbocycles. The SMILES string of the molecule is CC1(C)COC(=O)C1OC(=O)C=Cc1ccc(CN2OC3C4OC(c5ccccc5)(c5ccccc5)OC4C4CC3(C(=O)NCc3cccc(C(=O)NCCO)c3)C2C(=O)O4)cc1. The molecule has 2 bridgehead atoms. The summed E-state index contributed by atoms with van der Waals surface area (Å²) in [6, 6.07) is 31.8. The van der Waals surface area contributed by atoms with Crippen LogP contribution in [0.4, 0.5) is 0 Å². The van der Waals surface area contributed by atoms with E-state index < -0.39 is 77.0 Å². The Morgan fingerprint density at radius 1 is 0.841 bits per heavy atom. The van der Waals surface area contributed by atoms with Crippen LogP contribution in [0.5, 0.6) is 0 Å². The fourth-order valence-electron chi connectivity index (χ4n) is 9.30. The summed E-state index contributed by atoms with van der Waals surface area (Å²) in [5.41, 5.74) is 1.70. The molecule has 0 radical (unpaired) electrons. The number of amides is 2. The summed E-state index contributed by atoms with van der Waals surface area (Å²) in [7, 11) is 0. The lowest BCUT2D eigenvalue weighted by Crippen LogP contribution is -2.69. The highest BCUT2D eigenvalue weighted by Gasteiger charge is 2.76. The van der Waals surface area contributed by atoms with E-state index >= 15 is 0 Å². The second-order valence-electron chi connectivity index (χ2n) is 17.1. The zero-order valence-corrected chi connectivity index (χ0v) is 34.6. The average molecular weight is 858 g/mol. The van der Waals surface area contributed by atoms with Crippen LogP contribution in [-0.2, 0) is 66.6 Å². The van der Waals surface area contributed by atoms with Gasteiger partial charge in [-0.15, -0.1) is 0 Å². The van der Waals surface area contributed by atoms with Crippen molar-refractivity contribution >= 4 is 35.8 Å². The van der Waals surface area contributed by atoms with Gasteiger partial charge in [-0.05, 0) is 34.9 Å². The predicted octanol–water partition coefficient (Wildman–Crippen LogP) is 3.72. The minimum atomic E-state index is -1.49. The molecule has 1 aliphatic carbocycles. The maximum absolute atomic E-state index is 15.0. The van der Waals surface area contributed by atoms with Gasteiger partial charge < -0.3 is 39.4 Å². The molecular weight excluding hydrogens is 811 g/mol. The zero-order valence-electron chi connectivity index (χ0n) is 34.6. The zero-order chi connectivity index (χ0) is 43.9. The second-order valence-corrected chi connectivity index (χ2v) is 17.1. The van der Waals surface area contributed by atoms with Crippen molar-refractivity contribution in [2.24, 2.45) is 10.8 Å². The molecule has 5 fully saturated rings. The van der Waals surface area contributed by atoms with E-state index in [1.54, 1.807) is 56.3 Å². The molecule has 4 aromatic rings. The summed E-state index contributed by atoms with van der Waals surface area (Å²) in [5, 5.41) is 16.4. The smallest absolute Gasteiger partial charge is 0.348 e. The molecule has 7 atom stereocenters. The standard InChI is InChI=1S/C48H47N3O12/c1-46(2)28-58-44(56)41(46)60-36(53)21-20-29-16-18-30(19-17-29)27-51-39-43(55)59-35-25-47(39,45(57)50-26-31-10-9-11-32(24-31)42(54)49-22-23-52)40(63-51)38-37(35)61-48(62-38,33-12-5-3-6-13-33)34-14-7-4-8-15-34/h3-21,24,35,37-41,52H,22-23,25-28H2,1-2H3,(H,49,54)(H,50,57). The molecule has 2 amide bonds. The van der Waals surface area contributed by atoms with Gasteiger partial charge in [0.25, 0.3) is 5.91 Å². The van der Waals surface area contributed by atoms with E-state index in [0.717, 1.165) is 5.56 Å². The van der Waals surface area contributed by atoms with Crippen molar-refractivity contribution in [2.45, 2.75) is 75.7 Å². The summed E-state index contributed by atoms with van der Waals surface area (Å²) in [6.45, 7) is 3.75. The molecule has 15 heteroatoms. The summed E-state index contributed by atoms with van der Waals surface area (Å²) >= 11 is 0. The molecule has 3 N–H and O–H groups in total. The molecule has 9 rings (SSSR count). The summed E-state index contributed by atoms with van der Waals surface area (Å²) in [5.74, 6) is -4.13. The molecule has 4 heterocycles. The van der Waals surface area contributed by atoms with Gasteiger partial charge in [-0.3, -0.25) is 19.2 Å². The Balaban J connectivity index is 1.01. The third-order valence-corrected chi connectivity index (χ3v) is 12.4. The number of fused-ring (bicyclic) bond motifs is 4. The first kappa shape index (κ1) is 42.1. The van der Waals surface area contributed by atoms with Crippen LogP contribution in [0.2, 0.25) is 0 Å². The van der Waals surface area contributed by atoms with Crippen LogP contribution in [0.15, 0.2) is 115 Å². The predicted molar refractivity (Wildman–Crippen MR) is 222 cm³/mol. The molecule has 7 unspecified atom stereocenters. The fraction of sp³-hybridized carbons (Fsp3) is 0.354. The van der Waals surface area contributed by atoms with Gasteiger partial charge >= 0.3 is 17.9 Å². The molecule has 4 aromatic carbocycles.